The van der Waals surface area contributed by atoms with Crippen LogP contribution < -0.4 is 15.5 Å². The van der Waals surface area contributed by atoms with Crippen LogP contribution >= 0.6 is 11.3 Å². The number of rotatable bonds is 4. The van der Waals surface area contributed by atoms with E-state index < -0.39 is 11.7 Å². The Hall–Kier alpha value is -2.29. The summed E-state index contributed by atoms with van der Waals surface area (Å²) < 4.78 is 37.7. The number of urea groups is 1. The summed E-state index contributed by atoms with van der Waals surface area (Å²) in [6.07, 6.45) is -2.83. The molecule has 0 aromatic carbocycles. The molecule has 2 amide bonds. The smallest absolute Gasteiger partial charge is 0.354 e. The molecule has 9 heteroatoms. The van der Waals surface area contributed by atoms with Crippen molar-refractivity contribution in [2.45, 2.75) is 25.2 Å². The van der Waals surface area contributed by atoms with Crippen molar-refractivity contribution in [1.29, 1.82) is 0 Å². The van der Waals surface area contributed by atoms with Gasteiger partial charge in [0.15, 0.2) is 0 Å². The van der Waals surface area contributed by atoms with Crippen molar-refractivity contribution in [2.24, 2.45) is 0 Å². The summed E-state index contributed by atoms with van der Waals surface area (Å²) in [5.41, 5.74) is -0.766. The second kappa shape index (κ2) is 7.30. The average Bonchev–Trinajstić information content (AvgIpc) is 3.24. The predicted molar refractivity (Wildman–Crippen MR) is 89.5 cm³/mol. The van der Waals surface area contributed by atoms with Crippen LogP contribution in [0.3, 0.4) is 0 Å². The van der Waals surface area contributed by atoms with Crippen molar-refractivity contribution in [1.82, 2.24) is 15.6 Å². The maximum atomic E-state index is 12.6. The Morgan fingerprint density at radius 1 is 1.36 bits per heavy atom. The third kappa shape index (κ3) is 4.62. The van der Waals surface area contributed by atoms with Gasteiger partial charge in [0.05, 0.1) is 12.1 Å². The van der Waals surface area contributed by atoms with Crippen LogP contribution in [0, 0.1) is 0 Å². The number of nitrogens with zero attached hydrogens (tertiary/aromatic N) is 2. The lowest BCUT2D eigenvalue weighted by atomic mass is 10.2. The van der Waals surface area contributed by atoms with E-state index in [-0.39, 0.29) is 12.1 Å². The van der Waals surface area contributed by atoms with E-state index in [0.717, 1.165) is 23.6 Å². The molecule has 1 saturated heterocycles. The highest BCUT2D eigenvalue weighted by Crippen LogP contribution is 2.29. The van der Waals surface area contributed by atoms with Crippen LogP contribution in [0.15, 0.2) is 35.8 Å². The van der Waals surface area contributed by atoms with Crippen LogP contribution in [0.4, 0.5) is 23.8 Å². The standard InChI is InChI=1S/C16H17F3N4OS/c17-16(18,19)11-3-4-14(20-8-11)23-6-5-12(10-23)22-15(24)21-9-13-2-1-7-25-13/h1-4,7-8,12H,5-6,9-10H2,(H2,21,22,24)/t12-/m1/s1. The number of nitrogens with one attached hydrogen (secondary N) is 2. The number of aromatic nitrogens is 1. The molecule has 0 unspecified atom stereocenters. The first kappa shape index (κ1) is 17.5. The van der Waals surface area contributed by atoms with Crippen LogP contribution in [0.5, 0.6) is 0 Å². The lowest BCUT2D eigenvalue weighted by molar-refractivity contribution is -0.137. The van der Waals surface area contributed by atoms with Gasteiger partial charge in [-0.2, -0.15) is 13.2 Å². The van der Waals surface area contributed by atoms with Crippen molar-refractivity contribution in [2.75, 3.05) is 18.0 Å². The number of carbonyl (C=O) groups excluding carboxylic acids is 1. The molecule has 5 nitrogen and oxygen atoms in total. The fourth-order valence-corrected chi connectivity index (χ4v) is 3.29. The van der Waals surface area contributed by atoms with Gasteiger partial charge in [-0.3, -0.25) is 0 Å². The molecule has 0 radical (unpaired) electrons. The fourth-order valence-electron chi connectivity index (χ4n) is 2.64. The fraction of sp³-hybridized carbons (Fsp3) is 0.375. The predicted octanol–water partition coefficient (Wildman–Crippen LogP) is 3.24. The molecule has 1 atom stereocenters. The first-order valence-corrected chi connectivity index (χ1v) is 8.65. The third-order valence-corrected chi connectivity index (χ3v) is 4.80. The van der Waals surface area contributed by atoms with E-state index in [1.54, 1.807) is 11.3 Å². The molecule has 2 aromatic rings. The summed E-state index contributed by atoms with van der Waals surface area (Å²) in [5.74, 6) is 0.483. The molecule has 0 bridgehead atoms. The second-order valence-electron chi connectivity index (χ2n) is 5.74. The maximum absolute atomic E-state index is 12.6. The van der Waals surface area contributed by atoms with Crippen molar-refractivity contribution < 1.29 is 18.0 Å². The number of hydrogen-bond donors (Lipinski definition) is 2. The van der Waals surface area contributed by atoms with Gasteiger partial charge in [0, 0.05) is 30.2 Å². The Morgan fingerprint density at radius 3 is 2.84 bits per heavy atom. The molecule has 0 spiro atoms. The third-order valence-electron chi connectivity index (χ3n) is 3.93. The van der Waals surface area contributed by atoms with E-state index in [1.807, 2.05) is 22.4 Å². The zero-order valence-corrected chi connectivity index (χ0v) is 14.0. The van der Waals surface area contributed by atoms with Gasteiger partial charge in [0.1, 0.15) is 5.82 Å². The van der Waals surface area contributed by atoms with Crippen LogP contribution in [0.1, 0.15) is 16.9 Å². The summed E-state index contributed by atoms with van der Waals surface area (Å²) in [6.45, 7) is 1.62. The molecule has 1 aliphatic heterocycles. The maximum Gasteiger partial charge on any atom is 0.417 e. The minimum atomic E-state index is -4.39. The van der Waals surface area contributed by atoms with Crippen molar-refractivity contribution in [3.8, 4) is 0 Å². The normalized spacial score (nSPS) is 17.6. The number of amides is 2. The topological polar surface area (TPSA) is 57.3 Å². The number of alkyl halides is 3. The molecule has 0 aliphatic carbocycles. The first-order chi connectivity index (χ1) is 11.9. The molecule has 3 rings (SSSR count). The van der Waals surface area contributed by atoms with E-state index in [1.165, 1.54) is 6.07 Å². The van der Waals surface area contributed by atoms with E-state index >= 15 is 0 Å². The number of carbonyl (C=O) groups is 1. The van der Waals surface area contributed by atoms with E-state index in [2.05, 4.69) is 15.6 Å². The van der Waals surface area contributed by atoms with E-state index in [4.69, 9.17) is 0 Å². The summed E-state index contributed by atoms with van der Waals surface area (Å²) >= 11 is 1.57. The van der Waals surface area contributed by atoms with E-state index in [0.29, 0.717) is 25.5 Å². The zero-order chi connectivity index (χ0) is 17.9. The lowest BCUT2D eigenvalue weighted by Crippen LogP contribution is -2.43. The van der Waals surface area contributed by atoms with E-state index in [9.17, 15) is 18.0 Å². The quantitative estimate of drug-likeness (QED) is 0.869. The Balaban J connectivity index is 1.49. The monoisotopic (exact) mass is 370 g/mol. The minimum Gasteiger partial charge on any atom is -0.354 e. The zero-order valence-electron chi connectivity index (χ0n) is 13.2. The van der Waals surface area contributed by atoms with Crippen molar-refractivity contribution in [3.63, 3.8) is 0 Å². The molecule has 3 heterocycles. The van der Waals surface area contributed by atoms with Crippen molar-refractivity contribution >= 4 is 23.2 Å². The van der Waals surface area contributed by atoms with Gasteiger partial charge in [0.25, 0.3) is 0 Å². The second-order valence-corrected chi connectivity index (χ2v) is 6.77. The molecule has 1 fully saturated rings. The molecule has 25 heavy (non-hydrogen) atoms. The van der Waals surface area contributed by atoms with Gasteiger partial charge in [-0.05, 0) is 30.0 Å². The number of pyridine rings is 1. The largest absolute Gasteiger partial charge is 0.417 e. The average molecular weight is 370 g/mol. The number of halogens is 3. The Morgan fingerprint density at radius 2 is 2.20 bits per heavy atom. The number of thiophene rings is 1. The van der Waals surface area contributed by atoms with Gasteiger partial charge in [-0.1, -0.05) is 6.07 Å². The van der Waals surface area contributed by atoms with Gasteiger partial charge in [0.2, 0.25) is 0 Å². The van der Waals surface area contributed by atoms with Gasteiger partial charge in [-0.25, -0.2) is 9.78 Å². The van der Waals surface area contributed by atoms with Crippen LogP contribution in [-0.4, -0.2) is 30.1 Å². The highest BCUT2D eigenvalue weighted by Gasteiger charge is 2.31. The number of hydrogen-bond acceptors (Lipinski definition) is 4. The van der Waals surface area contributed by atoms with Crippen LogP contribution in [-0.2, 0) is 12.7 Å². The Labute approximate surface area is 146 Å². The molecule has 2 N–H and O–H groups in total. The molecule has 1 aliphatic rings. The molecule has 0 saturated carbocycles. The SMILES string of the molecule is O=C(NCc1cccs1)N[C@@H]1CCN(c2ccc(C(F)(F)F)cn2)C1. The van der Waals surface area contributed by atoms with Gasteiger partial charge in [-0.15, -0.1) is 11.3 Å². The highest BCUT2D eigenvalue weighted by atomic mass is 32.1. The Kier molecular flexibility index (Phi) is 5.12. The summed E-state index contributed by atoms with van der Waals surface area (Å²) in [5, 5.41) is 7.62. The minimum absolute atomic E-state index is 0.0626. The van der Waals surface area contributed by atoms with Crippen LogP contribution in [0.2, 0.25) is 0 Å². The van der Waals surface area contributed by atoms with Crippen molar-refractivity contribution in [3.05, 3.63) is 46.3 Å². The molecular weight excluding hydrogens is 353 g/mol. The Bertz CT molecular complexity index is 703. The highest BCUT2D eigenvalue weighted by molar-refractivity contribution is 7.09. The summed E-state index contributed by atoms with van der Waals surface area (Å²) in [4.78, 5) is 18.7. The van der Waals surface area contributed by atoms with Crippen LogP contribution in [0.25, 0.3) is 0 Å². The molecule has 134 valence electrons. The summed E-state index contributed by atoms with van der Waals surface area (Å²) in [7, 11) is 0. The van der Waals surface area contributed by atoms with Gasteiger partial charge >= 0.3 is 12.2 Å². The lowest BCUT2D eigenvalue weighted by Gasteiger charge is -2.18. The number of anilines is 1. The summed E-state index contributed by atoms with van der Waals surface area (Å²) in [6, 6.07) is 5.94. The first-order valence-electron chi connectivity index (χ1n) is 7.77. The molecule has 2 aromatic heterocycles. The van der Waals surface area contributed by atoms with Gasteiger partial charge < -0.3 is 15.5 Å². The molecular formula is C16H17F3N4OS.